The zero-order chi connectivity index (χ0) is 33.6. The standard InChI is InChI=1S/C39H47N5O4/c1-24-18-30(36(45)20-26-14-16-41-17-15-26)10-12-33(24)28-6-2-25(3-7-28)19-31(21-37(46)29-8-4-27(23-40)5-9-29)38(47)42-32-11-13-34-35(22-32)43-44-39(34)48/h2-3,6-7,10-13,18,22,26-27,29,31,41H,4-5,8-9,14-17,19-21,23,40H2,1H3,(H,42,47)(H2,43,44,48)/t27?,29?,31-/m1/s1. The van der Waals surface area contributed by atoms with Crippen LogP contribution >= 0.6 is 0 Å². The molecule has 0 unspecified atom stereocenters. The molecule has 1 amide bonds. The van der Waals surface area contributed by atoms with Crippen LogP contribution < -0.4 is 21.9 Å². The summed E-state index contributed by atoms with van der Waals surface area (Å²) in [6.45, 7) is 4.66. The van der Waals surface area contributed by atoms with Gasteiger partial charge >= 0.3 is 0 Å². The van der Waals surface area contributed by atoms with Crippen LogP contribution in [0.2, 0.25) is 0 Å². The van der Waals surface area contributed by atoms with Crippen LogP contribution in [-0.2, 0) is 16.0 Å². The molecule has 0 spiro atoms. The van der Waals surface area contributed by atoms with Crippen LogP contribution in [0, 0.1) is 30.6 Å². The minimum atomic E-state index is -0.552. The molecule has 1 saturated heterocycles. The summed E-state index contributed by atoms with van der Waals surface area (Å²) in [6.07, 6.45) is 6.83. The van der Waals surface area contributed by atoms with Gasteiger partial charge in [-0.3, -0.25) is 29.4 Å². The Morgan fingerprint density at radius 1 is 0.875 bits per heavy atom. The Balaban J connectivity index is 1.15. The van der Waals surface area contributed by atoms with Gasteiger partial charge in [-0.05, 0) is 130 Å². The summed E-state index contributed by atoms with van der Waals surface area (Å²) in [4.78, 5) is 52.2. The molecule has 1 aromatic heterocycles. The Labute approximate surface area is 281 Å². The number of H-pyrrole nitrogens is 2. The van der Waals surface area contributed by atoms with E-state index in [2.05, 4.69) is 33.0 Å². The lowest BCUT2D eigenvalue weighted by molar-refractivity contribution is -0.129. The van der Waals surface area contributed by atoms with Gasteiger partial charge in [0.2, 0.25) is 5.91 Å². The van der Waals surface area contributed by atoms with Crippen molar-refractivity contribution in [3.8, 4) is 11.1 Å². The number of nitrogens with one attached hydrogen (secondary N) is 4. The molecule has 1 atom stereocenters. The molecule has 9 nitrogen and oxygen atoms in total. The summed E-state index contributed by atoms with van der Waals surface area (Å²) < 4.78 is 0. The Morgan fingerprint density at radius 3 is 2.33 bits per heavy atom. The summed E-state index contributed by atoms with van der Waals surface area (Å²) in [7, 11) is 0. The first-order valence-electron chi connectivity index (χ1n) is 17.4. The van der Waals surface area contributed by atoms with Crippen molar-refractivity contribution in [1.29, 1.82) is 0 Å². The number of aromatic amines is 2. The third kappa shape index (κ3) is 8.02. The van der Waals surface area contributed by atoms with Crippen molar-refractivity contribution in [2.75, 3.05) is 25.0 Å². The van der Waals surface area contributed by atoms with Gasteiger partial charge in [0.1, 0.15) is 5.78 Å². The molecule has 6 N–H and O–H groups in total. The van der Waals surface area contributed by atoms with E-state index < -0.39 is 5.92 Å². The summed E-state index contributed by atoms with van der Waals surface area (Å²) >= 11 is 0. The van der Waals surface area contributed by atoms with Gasteiger partial charge in [0.05, 0.1) is 10.9 Å². The monoisotopic (exact) mass is 649 g/mol. The van der Waals surface area contributed by atoms with Crippen LogP contribution in [0.25, 0.3) is 22.0 Å². The molecule has 48 heavy (non-hydrogen) atoms. The van der Waals surface area contributed by atoms with Crippen molar-refractivity contribution >= 4 is 34.1 Å². The van der Waals surface area contributed by atoms with Gasteiger partial charge in [-0.1, -0.05) is 36.4 Å². The van der Waals surface area contributed by atoms with Gasteiger partial charge in [0.15, 0.2) is 5.78 Å². The van der Waals surface area contributed by atoms with Crippen LogP contribution in [0.5, 0.6) is 0 Å². The fourth-order valence-electron chi connectivity index (χ4n) is 7.48. The van der Waals surface area contributed by atoms with Crippen LogP contribution in [0.3, 0.4) is 0 Å². The highest BCUT2D eigenvalue weighted by Gasteiger charge is 2.30. The van der Waals surface area contributed by atoms with Gasteiger partial charge < -0.3 is 16.4 Å². The van der Waals surface area contributed by atoms with Crippen molar-refractivity contribution in [2.45, 2.75) is 64.7 Å². The predicted octanol–water partition coefficient (Wildman–Crippen LogP) is 5.93. The Hall–Kier alpha value is -4.34. The van der Waals surface area contributed by atoms with Crippen molar-refractivity contribution < 1.29 is 14.4 Å². The molecule has 0 bridgehead atoms. The van der Waals surface area contributed by atoms with Gasteiger partial charge in [-0.15, -0.1) is 0 Å². The predicted molar refractivity (Wildman–Crippen MR) is 190 cm³/mol. The van der Waals surface area contributed by atoms with E-state index in [0.717, 1.165) is 79.4 Å². The second-order valence-electron chi connectivity index (χ2n) is 13.9. The smallest absolute Gasteiger partial charge is 0.271 e. The summed E-state index contributed by atoms with van der Waals surface area (Å²) in [5.41, 5.74) is 11.7. The lowest BCUT2D eigenvalue weighted by atomic mass is 9.77. The third-order valence-electron chi connectivity index (χ3n) is 10.5. The number of hydrogen-bond acceptors (Lipinski definition) is 6. The number of piperidine rings is 1. The molecule has 3 aromatic carbocycles. The number of nitrogens with two attached hydrogens (primary N) is 1. The van der Waals surface area contributed by atoms with Crippen LogP contribution in [0.15, 0.2) is 65.5 Å². The molecule has 2 heterocycles. The Morgan fingerprint density at radius 2 is 1.62 bits per heavy atom. The average molecular weight is 650 g/mol. The van der Waals surface area contributed by atoms with Crippen LogP contribution in [-0.4, -0.2) is 47.3 Å². The molecule has 9 heteroatoms. The minimum absolute atomic E-state index is 0.0377. The summed E-state index contributed by atoms with van der Waals surface area (Å²) in [5.74, 6) is 0.458. The fraction of sp³-hybridized carbons (Fsp3) is 0.436. The van der Waals surface area contributed by atoms with E-state index in [1.54, 1.807) is 18.2 Å². The van der Waals surface area contributed by atoms with Crippen LogP contribution in [0.1, 0.15) is 72.9 Å². The van der Waals surface area contributed by atoms with E-state index in [-0.39, 0.29) is 35.4 Å². The van der Waals surface area contributed by atoms with Gasteiger partial charge in [0, 0.05) is 35.9 Å². The molecular formula is C39H47N5O4. The molecular weight excluding hydrogens is 602 g/mol. The second-order valence-corrected chi connectivity index (χ2v) is 13.9. The van der Waals surface area contributed by atoms with Crippen molar-refractivity contribution in [1.82, 2.24) is 15.5 Å². The molecule has 6 rings (SSSR count). The molecule has 4 aromatic rings. The first kappa shape index (κ1) is 33.6. The maximum atomic E-state index is 13.7. The molecule has 252 valence electrons. The highest BCUT2D eigenvalue weighted by Crippen LogP contribution is 2.32. The number of Topliss-reactive ketones (excluding diaryl/α,β-unsaturated/α-hetero) is 2. The molecule has 1 aliphatic heterocycles. The van der Waals surface area contributed by atoms with Gasteiger partial charge in [-0.25, -0.2) is 0 Å². The number of fused-ring (bicyclic) bond motifs is 1. The van der Waals surface area contributed by atoms with E-state index in [4.69, 9.17) is 5.73 Å². The zero-order valence-electron chi connectivity index (χ0n) is 27.8. The highest BCUT2D eigenvalue weighted by atomic mass is 16.2. The number of benzene rings is 3. The molecule has 1 aliphatic carbocycles. The first-order chi connectivity index (χ1) is 23.3. The fourth-order valence-corrected chi connectivity index (χ4v) is 7.48. The van der Waals surface area contributed by atoms with E-state index in [0.29, 0.717) is 47.8 Å². The van der Waals surface area contributed by atoms with Crippen molar-refractivity contribution in [3.63, 3.8) is 0 Å². The molecule has 0 radical (unpaired) electrons. The van der Waals surface area contributed by atoms with E-state index in [1.807, 2.05) is 37.3 Å². The van der Waals surface area contributed by atoms with Gasteiger partial charge in [0.25, 0.3) is 5.56 Å². The van der Waals surface area contributed by atoms with Crippen molar-refractivity contribution in [2.24, 2.45) is 29.4 Å². The average Bonchev–Trinajstić information content (AvgIpc) is 3.48. The lowest BCUT2D eigenvalue weighted by Crippen LogP contribution is -2.31. The van der Waals surface area contributed by atoms with Crippen LogP contribution in [0.4, 0.5) is 5.69 Å². The maximum Gasteiger partial charge on any atom is 0.271 e. The number of anilines is 1. The zero-order valence-corrected chi connectivity index (χ0v) is 27.8. The molecule has 2 fully saturated rings. The number of aryl methyl sites for hydroxylation is 1. The SMILES string of the molecule is Cc1cc(C(=O)CC2CCNCC2)ccc1-c1ccc(C[C@H](CC(=O)C2CCC(CN)CC2)C(=O)Nc2ccc3c(=O)[nH][nH]c3c2)cc1. The Kier molecular flexibility index (Phi) is 10.7. The number of hydrogen-bond donors (Lipinski definition) is 5. The summed E-state index contributed by atoms with van der Waals surface area (Å²) in [6, 6.07) is 19.2. The number of carbonyl (C=O) groups excluding carboxylic acids is 3. The summed E-state index contributed by atoms with van der Waals surface area (Å²) in [5, 5.41) is 12.3. The molecule has 1 saturated carbocycles. The lowest BCUT2D eigenvalue weighted by Gasteiger charge is -2.27. The van der Waals surface area contributed by atoms with Gasteiger partial charge in [-0.2, -0.15) is 0 Å². The number of rotatable bonds is 12. The minimum Gasteiger partial charge on any atom is -0.330 e. The van der Waals surface area contributed by atoms with E-state index in [1.165, 1.54) is 0 Å². The highest BCUT2D eigenvalue weighted by molar-refractivity contribution is 5.98. The number of carbonyl (C=O) groups is 3. The number of amides is 1. The number of ketones is 2. The third-order valence-corrected chi connectivity index (χ3v) is 10.5. The largest absolute Gasteiger partial charge is 0.330 e. The quantitative estimate of drug-likeness (QED) is 0.120. The molecule has 2 aliphatic rings. The maximum absolute atomic E-state index is 13.7. The Bertz CT molecular complexity index is 1810. The second kappa shape index (κ2) is 15.3. The first-order valence-corrected chi connectivity index (χ1v) is 17.4. The van der Waals surface area contributed by atoms with E-state index in [9.17, 15) is 19.2 Å². The topological polar surface area (TPSA) is 150 Å². The van der Waals surface area contributed by atoms with E-state index >= 15 is 0 Å². The van der Waals surface area contributed by atoms with Crippen molar-refractivity contribution in [3.05, 3.63) is 87.7 Å². The normalized spacial score (nSPS) is 19.2. The number of aromatic nitrogens is 2.